The first kappa shape index (κ1) is 28.0. The van der Waals surface area contributed by atoms with Crippen molar-refractivity contribution in [3.8, 4) is 5.75 Å². The maximum Gasteiger partial charge on any atom is 0.264 e. The van der Waals surface area contributed by atoms with Crippen molar-refractivity contribution in [1.82, 2.24) is 10.2 Å². The summed E-state index contributed by atoms with van der Waals surface area (Å²) in [6, 6.07) is 20.7. The minimum absolute atomic E-state index is 0.0371. The van der Waals surface area contributed by atoms with Gasteiger partial charge in [0, 0.05) is 18.6 Å². The molecule has 0 bridgehead atoms. The fourth-order valence-corrected chi connectivity index (χ4v) is 5.31. The molecule has 0 fully saturated rings. The molecule has 2 amide bonds. The van der Waals surface area contributed by atoms with Gasteiger partial charge < -0.3 is 15.0 Å². The van der Waals surface area contributed by atoms with E-state index in [1.54, 1.807) is 38.1 Å². The number of nitrogens with one attached hydrogen (secondary N) is 1. The van der Waals surface area contributed by atoms with Crippen LogP contribution in [0.3, 0.4) is 0 Å². The van der Waals surface area contributed by atoms with Gasteiger partial charge in [0.2, 0.25) is 11.8 Å². The summed E-state index contributed by atoms with van der Waals surface area (Å²) < 4.78 is 34.4. The number of hydrogen-bond donors (Lipinski definition) is 1. The highest BCUT2D eigenvalue weighted by Crippen LogP contribution is 2.33. The number of hydrogen-bond acceptors (Lipinski definition) is 5. The minimum Gasteiger partial charge on any atom is -0.492 e. The van der Waals surface area contributed by atoms with Gasteiger partial charge in [-0.05, 0) is 55.8 Å². The maximum atomic E-state index is 13.9. The van der Waals surface area contributed by atoms with Crippen molar-refractivity contribution in [3.05, 3.63) is 89.4 Å². The Hall–Kier alpha value is -3.56. The van der Waals surface area contributed by atoms with Gasteiger partial charge in [-0.1, -0.05) is 54.1 Å². The molecule has 0 spiro atoms. The fourth-order valence-electron chi connectivity index (χ4n) is 3.76. The molecule has 10 heteroatoms. The van der Waals surface area contributed by atoms with Crippen molar-refractivity contribution in [2.45, 2.75) is 31.3 Å². The van der Waals surface area contributed by atoms with Crippen LogP contribution in [-0.2, 0) is 26.2 Å². The van der Waals surface area contributed by atoms with E-state index in [1.165, 1.54) is 36.2 Å². The van der Waals surface area contributed by atoms with E-state index in [2.05, 4.69) is 5.32 Å². The summed E-state index contributed by atoms with van der Waals surface area (Å²) in [6.07, 6.45) is 0. The molecule has 1 atom stereocenters. The lowest BCUT2D eigenvalue weighted by Crippen LogP contribution is -2.50. The number of anilines is 1. The molecule has 3 rings (SSSR count). The van der Waals surface area contributed by atoms with Crippen LogP contribution in [0.15, 0.2) is 83.8 Å². The van der Waals surface area contributed by atoms with E-state index in [-0.39, 0.29) is 23.0 Å². The summed E-state index contributed by atoms with van der Waals surface area (Å²) in [4.78, 5) is 27.6. The van der Waals surface area contributed by atoms with Gasteiger partial charge in [-0.2, -0.15) is 0 Å². The third kappa shape index (κ3) is 6.81. The third-order valence-corrected chi connectivity index (χ3v) is 7.75. The van der Waals surface area contributed by atoms with Gasteiger partial charge in [-0.3, -0.25) is 13.9 Å². The molecule has 0 aliphatic rings. The average Bonchev–Trinajstić information content (AvgIpc) is 2.90. The molecule has 8 nitrogen and oxygen atoms in total. The Morgan fingerprint density at radius 3 is 2.22 bits per heavy atom. The monoisotopic (exact) mass is 543 g/mol. The molecule has 3 aromatic carbocycles. The SMILES string of the molecule is CCOc1ccccc1N(CC(=O)N(Cc1ccccc1)[C@@H](C)C(=O)NC)S(=O)(=O)c1ccc(Cl)cc1. The second-order valence-electron chi connectivity index (χ2n) is 8.16. The van der Waals surface area contributed by atoms with Crippen LogP contribution in [0.25, 0.3) is 0 Å². The number of carbonyl (C=O) groups excluding carboxylic acids is 2. The van der Waals surface area contributed by atoms with Crippen LogP contribution in [0.5, 0.6) is 5.75 Å². The molecule has 0 aliphatic carbocycles. The number of nitrogens with zero attached hydrogens (tertiary/aromatic N) is 2. The predicted octanol–water partition coefficient (Wildman–Crippen LogP) is 4.10. The summed E-state index contributed by atoms with van der Waals surface area (Å²) in [6.45, 7) is 3.26. The number of amides is 2. The molecule has 0 aromatic heterocycles. The summed E-state index contributed by atoms with van der Waals surface area (Å²) in [7, 11) is -2.73. The van der Waals surface area contributed by atoms with Crippen LogP contribution in [0.1, 0.15) is 19.4 Å². The number of ether oxygens (including phenoxy) is 1. The van der Waals surface area contributed by atoms with E-state index in [9.17, 15) is 18.0 Å². The molecular weight excluding hydrogens is 514 g/mol. The van der Waals surface area contributed by atoms with Crippen LogP contribution in [0, 0.1) is 0 Å². The second-order valence-corrected chi connectivity index (χ2v) is 10.5. The highest BCUT2D eigenvalue weighted by Gasteiger charge is 2.33. The average molecular weight is 544 g/mol. The van der Waals surface area contributed by atoms with Crippen molar-refractivity contribution in [2.24, 2.45) is 0 Å². The molecule has 0 unspecified atom stereocenters. The number of halogens is 1. The molecule has 0 aliphatic heterocycles. The van der Waals surface area contributed by atoms with Crippen molar-refractivity contribution < 1.29 is 22.7 Å². The number of para-hydroxylation sites is 2. The van der Waals surface area contributed by atoms with Crippen molar-refractivity contribution >= 4 is 39.1 Å². The van der Waals surface area contributed by atoms with Gasteiger partial charge in [0.25, 0.3) is 10.0 Å². The Balaban J connectivity index is 2.08. The Bertz CT molecular complexity index is 1320. The zero-order valence-electron chi connectivity index (χ0n) is 20.9. The number of likely N-dealkylation sites (N-methyl/N-ethyl adjacent to an activating group) is 1. The van der Waals surface area contributed by atoms with E-state index in [4.69, 9.17) is 16.3 Å². The maximum absolute atomic E-state index is 13.9. The molecule has 0 radical (unpaired) electrons. The third-order valence-electron chi connectivity index (χ3n) is 5.72. The first-order valence-electron chi connectivity index (χ1n) is 11.7. The lowest BCUT2D eigenvalue weighted by Gasteiger charge is -2.32. The standard InChI is InChI=1S/C27H30ClN3O5S/c1-4-36-25-13-9-8-12-24(25)31(37(34,35)23-16-14-22(28)15-17-23)19-26(32)30(20(2)27(33)29-3)18-21-10-6-5-7-11-21/h5-17,20H,4,18-19H2,1-3H3,(H,29,33)/t20-/m0/s1. The molecule has 3 aromatic rings. The topological polar surface area (TPSA) is 96.0 Å². The fraction of sp³-hybridized carbons (Fsp3) is 0.259. The smallest absolute Gasteiger partial charge is 0.264 e. The van der Waals surface area contributed by atoms with Crippen molar-refractivity contribution in [3.63, 3.8) is 0 Å². The van der Waals surface area contributed by atoms with E-state index in [1.807, 2.05) is 30.3 Å². The number of rotatable bonds is 11. The molecule has 0 heterocycles. The van der Waals surface area contributed by atoms with Gasteiger partial charge >= 0.3 is 0 Å². The Labute approximate surface area is 222 Å². The lowest BCUT2D eigenvalue weighted by molar-refractivity contribution is -0.139. The molecule has 196 valence electrons. The lowest BCUT2D eigenvalue weighted by atomic mass is 10.1. The number of benzene rings is 3. The van der Waals surface area contributed by atoms with Crippen molar-refractivity contribution in [2.75, 3.05) is 24.5 Å². The molecule has 1 N–H and O–H groups in total. The zero-order valence-corrected chi connectivity index (χ0v) is 22.5. The normalized spacial score (nSPS) is 11.9. The quantitative estimate of drug-likeness (QED) is 0.393. The first-order valence-corrected chi connectivity index (χ1v) is 13.6. The van der Waals surface area contributed by atoms with E-state index >= 15 is 0 Å². The Kier molecular flexibility index (Phi) is 9.54. The summed E-state index contributed by atoms with van der Waals surface area (Å²) in [5.41, 5.74) is 1.01. The van der Waals surface area contributed by atoms with Crippen molar-refractivity contribution in [1.29, 1.82) is 0 Å². The molecule has 0 saturated carbocycles. The first-order chi connectivity index (χ1) is 17.7. The van der Waals surface area contributed by atoms with E-state index < -0.39 is 28.5 Å². The number of sulfonamides is 1. The van der Waals surface area contributed by atoms with Gasteiger partial charge in [-0.25, -0.2) is 8.42 Å². The summed E-state index contributed by atoms with van der Waals surface area (Å²) in [5, 5.41) is 2.94. The molecule has 37 heavy (non-hydrogen) atoms. The predicted molar refractivity (Wildman–Crippen MR) is 144 cm³/mol. The zero-order chi connectivity index (χ0) is 27.0. The molecular formula is C27H30ClN3O5S. The second kappa shape index (κ2) is 12.6. The van der Waals surface area contributed by atoms with Crippen LogP contribution < -0.4 is 14.4 Å². The van der Waals surface area contributed by atoms with Crippen LogP contribution in [0.2, 0.25) is 5.02 Å². The summed E-state index contributed by atoms with van der Waals surface area (Å²) >= 11 is 5.98. The number of carbonyl (C=O) groups is 2. The van der Waals surface area contributed by atoms with Gasteiger partial charge in [-0.15, -0.1) is 0 Å². The van der Waals surface area contributed by atoms with Gasteiger partial charge in [0.1, 0.15) is 18.3 Å². The largest absolute Gasteiger partial charge is 0.492 e. The van der Waals surface area contributed by atoms with Crippen LogP contribution >= 0.6 is 11.6 Å². The highest BCUT2D eigenvalue weighted by molar-refractivity contribution is 7.92. The Morgan fingerprint density at radius 1 is 0.973 bits per heavy atom. The van der Waals surface area contributed by atoms with Crippen LogP contribution in [0.4, 0.5) is 5.69 Å². The summed E-state index contributed by atoms with van der Waals surface area (Å²) in [5.74, 6) is -0.612. The van der Waals surface area contributed by atoms with Crippen LogP contribution in [-0.4, -0.2) is 51.4 Å². The van der Waals surface area contributed by atoms with E-state index in [0.29, 0.717) is 17.4 Å². The molecule has 0 saturated heterocycles. The minimum atomic E-state index is -4.22. The van der Waals surface area contributed by atoms with E-state index in [0.717, 1.165) is 9.87 Å². The van der Waals surface area contributed by atoms with Gasteiger partial charge in [0.05, 0.1) is 17.2 Å². The van der Waals surface area contributed by atoms with Gasteiger partial charge in [0.15, 0.2) is 0 Å². The Morgan fingerprint density at radius 2 is 1.59 bits per heavy atom. The highest BCUT2D eigenvalue weighted by atomic mass is 35.5.